The van der Waals surface area contributed by atoms with Crippen LogP contribution in [0.5, 0.6) is 0 Å². The highest BCUT2D eigenvalue weighted by molar-refractivity contribution is 5.69. The summed E-state index contributed by atoms with van der Waals surface area (Å²) in [5, 5.41) is 0. The first-order valence-corrected chi connectivity index (χ1v) is 7.20. The third-order valence-electron chi connectivity index (χ3n) is 3.85. The highest BCUT2D eigenvalue weighted by Crippen LogP contribution is 2.33. The first-order valence-electron chi connectivity index (χ1n) is 7.20. The Morgan fingerprint density at radius 2 is 2.05 bits per heavy atom. The lowest BCUT2D eigenvalue weighted by Crippen LogP contribution is -2.39. The first-order chi connectivity index (χ1) is 8.87. The number of carbonyl (C=O) groups excluding carboxylic acids is 1. The Morgan fingerprint density at radius 3 is 2.63 bits per heavy atom. The van der Waals surface area contributed by atoms with Crippen molar-refractivity contribution in [1.82, 2.24) is 4.90 Å². The minimum absolute atomic E-state index is 0.169. The number of carbonyl (C=O) groups is 1. The molecule has 0 aromatic heterocycles. The molecular weight excluding hydrogens is 238 g/mol. The second kappa shape index (κ2) is 5.40. The van der Waals surface area contributed by atoms with Gasteiger partial charge >= 0.3 is 6.09 Å². The van der Waals surface area contributed by atoms with Crippen LogP contribution in [0.1, 0.15) is 40.5 Å². The van der Waals surface area contributed by atoms with Crippen LogP contribution < -0.4 is 0 Å². The van der Waals surface area contributed by atoms with E-state index in [-0.39, 0.29) is 12.1 Å². The van der Waals surface area contributed by atoms with Crippen molar-refractivity contribution in [2.75, 3.05) is 6.54 Å². The number of nitrogens with zero attached hydrogens (tertiary/aromatic N) is 1. The molecule has 0 saturated carbocycles. The molecule has 1 fully saturated rings. The van der Waals surface area contributed by atoms with Gasteiger partial charge in [-0.15, -0.1) is 0 Å². The van der Waals surface area contributed by atoms with E-state index in [2.05, 4.69) is 31.2 Å². The first kappa shape index (κ1) is 14.2. The molecule has 1 saturated heterocycles. The summed E-state index contributed by atoms with van der Waals surface area (Å²) < 4.78 is 5.48. The van der Waals surface area contributed by atoms with E-state index in [0.717, 1.165) is 19.4 Å². The smallest absolute Gasteiger partial charge is 0.410 e. The molecule has 2 rings (SSSR count). The van der Waals surface area contributed by atoms with Gasteiger partial charge in [0, 0.05) is 12.6 Å². The van der Waals surface area contributed by atoms with Crippen LogP contribution in [0.3, 0.4) is 0 Å². The summed E-state index contributed by atoms with van der Waals surface area (Å²) in [5.41, 5.74) is -0.414. The maximum Gasteiger partial charge on any atom is 0.410 e. The third-order valence-corrected chi connectivity index (χ3v) is 3.85. The molecule has 1 aliphatic carbocycles. The molecule has 1 unspecified atom stereocenters. The van der Waals surface area contributed by atoms with Gasteiger partial charge in [0.1, 0.15) is 5.60 Å². The Kier molecular flexibility index (Phi) is 4.02. The van der Waals surface area contributed by atoms with Gasteiger partial charge < -0.3 is 9.64 Å². The molecule has 3 heteroatoms. The average Bonchev–Trinajstić information content (AvgIpc) is 2.70. The minimum atomic E-state index is -0.414. The molecule has 3 atom stereocenters. The lowest BCUT2D eigenvalue weighted by Gasteiger charge is -2.27. The number of rotatable bonds is 1. The Labute approximate surface area is 116 Å². The molecule has 0 spiro atoms. The topological polar surface area (TPSA) is 29.5 Å². The Hall–Kier alpha value is -1.25. The van der Waals surface area contributed by atoms with E-state index in [4.69, 9.17) is 4.74 Å². The fourth-order valence-electron chi connectivity index (χ4n) is 2.91. The van der Waals surface area contributed by atoms with Gasteiger partial charge in [-0.2, -0.15) is 0 Å². The van der Waals surface area contributed by atoms with Crippen LogP contribution in [0, 0.1) is 11.8 Å². The van der Waals surface area contributed by atoms with Crippen molar-refractivity contribution in [2.45, 2.75) is 52.2 Å². The number of hydrogen-bond donors (Lipinski definition) is 0. The normalized spacial score (nSPS) is 30.7. The van der Waals surface area contributed by atoms with Crippen LogP contribution in [0.25, 0.3) is 0 Å². The van der Waals surface area contributed by atoms with E-state index in [1.807, 2.05) is 25.7 Å². The van der Waals surface area contributed by atoms with Crippen molar-refractivity contribution >= 4 is 6.09 Å². The molecule has 0 bridgehead atoms. The number of likely N-dealkylation sites (tertiary alicyclic amines) is 1. The largest absolute Gasteiger partial charge is 0.444 e. The number of amides is 1. The van der Waals surface area contributed by atoms with Gasteiger partial charge in [0.25, 0.3) is 0 Å². The van der Waals surface area contributed by atoms with E-state index in [0.29, 0.717) is 11.8 Å². The molecule has 0 aromatic carbocycles. The zero-order chi connectivity index (χ0) is 14.0. The Bertz CT molecular complexity index is 392. The highest BCUT2D eigenvalue weighted by Gasteiger charge is 2.37. The van der Waals surface area contributed by atoms with Gasteiger partial charge in [0.2, 0.25) is 0 Å². The lowest BCUT2D eigenvalue weighted by molar-refractivity contribution is 0.0231. The quantitative estimate of drug-likeness (QED) is 0.721. The summed E-state index contributed by atoms with van der Waals surface area (Å²) in [6.07, 6.45) is 10.7. The third kappa shape index (κ3) is 3.62. The van der Waals surface area contributed by atoms with Crippen molar-refractivity contribution in [3.63, 3.8) is 0 Å². The van der Waals surface area contributed by atoms with Crippen LogP contribution >= 0.6 is 0 Å². The molecule has 3 nitrogen and oxygen atoms in total. The summed E-state index contributed by atoms with van der Waals surface area (Å²) in [7, 11) is 0. The summed E-state index contributed by atoms with van der Waals surface area (Å²) in [6.45, 7) is 8.68. The SMILES string of the molecule is C[C@@H]1C[C@H](C2C=CC=CC2)CN1C(=O)OC(C)(C)C. The van der Waals surface area contributed by atoms with Crippen molar-refractivity contribution in [3.05, 3.63) is 24.3 Å². The second-order valence-electron chi connectivity index (χ2n) is 6.69. The number of hydrogen-bond acceptors (Lipinski definition) is 2. The van der Waals surface area contributed by atoms with E-state index in [1.165, 1.54) is 0 Å². The van der Waals surface area contributed by atoms with Crippen LogP contribution in [-0.2, 0) is 4.74 Å². The Morgan fingerprint density at radius 1 is 1.32 bits per heavy atom. The highest BCUT2D eigenvalue weighted by atomic mass is 16.6. The van der Waals surface area contributed by atoms with Crippen LogP contribution in [-0.4, -0.2) is 29.2 Å². The zero-order valence-electron chi connectivity index (χ0n) is 12.4. The maximum absolute atomic E-state index is 12.2. The molecular formula is C16H25NO2. The summed E-state index contributed by atoms with van der Waals surface area (Å²) >= 11 is 0. The summed E-state index contributed by atoms with van der Waals surface area (Å²) in [4.78, 5) is 14.1. The predicted molar refractivity (Wildman–Crippen MR) is 76.9 cm³/mol. The van der Waals surface area contributed by atoms with Crippen LogP contribution in [0.4, 0.5) is 4.79 Å². The lowest BCUT2D eigenvalue weighted by atomic mass is 9.85. The van der Waals surface area contributed by atoms with Gasteiger partial charge in [-0.05, 0) is 52.4 Å². The van der Waals surface area contributed by atoms with E-state index < -0.39 is 5.60 Å². The van der Waals surface area contributed by atoms with Gasteiger partial charge in [-0.1, -0.05) is 24.3 Å². The predicted octanol–water partition coefficient (Wildman–Crippen LogP) is 3.76. The average molecular weight is 263 g/mol. The van der Waals surface area contributed by atoms with E-state index >= 15 is 0 Å². The molecule has 0 radical (unpaired) electrons. The Balaban J connectivity index is 1.95. The van der Waals surface area contributed by atoms with Crippen molar-refractivity contribution in [1.29, 1.82) is 0 Å². The standard InChI is InChI=1S/C16H25NO2/c1-12-10-14(13-8-6-5-7-9-13)11-17(12)15(18)19-16(2,3)4/h5-8,12-14H,9-11H2,1-4H3/t12-,13?,14+/m1/s1. The molecule has 0 aromatic rings. The minimum Gasteiger partial charge on any atom is -0.444 e. The van der Waals surface area contributed by atoms with Gasteiger partial charge in [-0.25, -0.2) is 4.79 Å². The molecule has 106 valence electrons. The molecule has 1 aliphatic heterocycles. The number of ether oxygens (including phenoxy) is 1. The molecule has 19 heavy (non-hydrogen) atoms. The number of allylic oxidation sites excluding steroid dienone is 4. The summed E-state index contributed by atoms with van der Waals surface area (Å²) in [6, 6.07) is 0.277. The van der Waals surface area contributed by atoms with Gasteiger partial charge in [0.15, 0.2) is 0 Å². The van der Waals surface area contributed by atoms with Crippen molar-refractivity contribution in [3.8, 4) is 0 Å². The fourth-order valence-corrected chi connectivity index (χ4v) is 2.91. The van der Waals surface area contributed by atoms with Gasteiger partial charge in [0.05, 0.1) is 0 Å². The van der Waals surface area contributed by atoms with E-state index in [9.17, 15) is 4.79 Å². The maximum atomic E-state index is 12.2. The summed E-state index contributed by atoms with van der Waals surface area (Å²) in [5.74, 6) is 1.13. The van der Waals surface area contributed by atoms with Crippen molar-refractivity contribution < 1.29 is 9.53 Å². The zero-order valence-corrected chi connectivity index (χ0v) is 12.4. The molecule has 2 aliphatic rings. The van der Waals surface area contributed by atoms with E-state index in [1.54, 1.807) is 0 Å². The monoisotopic (exact) mass is 263 g/mol. The fraction of sp³-hybridized carbons (Fsp3) is 0.688. The van der Waals surface area contributed by atoms with Crippen LogP contribution in [0.15, 0.2) is 24.3 Å². The molecule has 0 N–H and O–H groups in total. The van der Waals surface area contributed by atoms with Crippen molar-refractivity contribution in [2.24, 2.45) is 11.8 Å². The van der Waals surface area contributed by atoms with Gasteiger partial charge in [-0.3, -0.25) is 0 Å². The van der Waals surface area contributed by atoms with Crippen LogP contribution in [0.2, 0.25) is 0 Å². The molecule has 1 amide bonds. The second-order valence-corrected chi connectivity index (χ2v) is 6.69. The molecule has 1 heterocycles.